The average molecular weight is 247 g/mol. The minimum Gasteiger partial charge on any atom is -0.383 e. The Bertz CT molecular complexity index is 556. The van der Waals surface area contributed by atoms with Gasteiger partial charge in [-0.05, 0) is 18.5 Å². The molecule has 0 aromatic carbocycles. The molecule has 0 bridgehead atoms. The fourth-order valence-corrected chi connectivity index (χ4v) is 2.35. The number of aromatic nitrogens is 2. The molecule has 2 aromatic heterocycles. The van der Waals surface area contributed by atoms with Gasteiger partial charge in [-0.1, -0.05) is 0 Å². The lowest BCUT2D eigenvalue weighted by Gasteiger charge is -2.13. The number of anilines is 1. The van der Waals surface area contributed by atoms with Crippen molar-refractivity contribution in [2.45, 2.75) is 13.0 Å². The first kappa shape index (κ1) is 11.8. The molecule has 0 saturated carbocycles. The Labute approximate surface area is 104 Å². The second-order valence-electron chi connectivity index (χ2n) is 3.81. The van der Waals surface area contributed by atoms with Gasteiger partial charge in [0.15, 0.2) is 0 Å². The Balaban J connectivity index is 2.16. The predicted octanol–water partition coefficient (Wildman–Crippen LogP) is 1.62. The van der Waals surface area contributed by atoms with Gasteiger partial charge in [-0.3, -0.25) is 4.90 Å². The van der Waals surface area contributed by atoms with E-state index in [1.165, 1.54) is 0 Å². The molecule has 2 N–H and O–H groups in total. The van der Waals surface area contributed by atoms with Crippen molar-refractivity contribution in [3.05, 3.63) is 17.3 Å². The maximum absolute atomic E-state index is 8.51. The van der Waals surface area contributed by atoms with E-state index in [9.17, 15) is 0 Å². The molecule has 2 aromatic rings. The Hall–Kier alpha value is -1.71. The number of nitriles is 1. The fraction of sp³-hybridized carbons (Fsp3) is 0.364. The SMILES string of the molecule is CN(CCC#N)Cc1nc(N)c2ccsc2n1. The number of nitrogen functional groups attached to an aromatic ring is 1. The summed E-state index contributed by atoms with van der Waals surface area (Å²) in [6, 6.07) is 4.05. The zero-order valence-electron chi connectivity index (χ0n) is 9.55. The Morgan fingerprint density at radius 1 is 1.53 bits per heavy atom. The van der Waals surface area contributed by atoms with Gasteiger partial charge < -0.3 is 5.73 Å². The lowest BCUT2D eigenvalue weighted by Crippen LogP contribution is -2.20. The Morgan fingerprint density at radius 2 is 2.35 bits per heavy atom. The first-order valence-electron chi connectivity index (χ1n) is 5.26. The predicted molar refractivity (Wildman–Crippen MR) is 68.4 cm³/mol. The van der Waals surface area contributed by atoms with Crippen LogP contribution in [-0.4, -0.2) is 28.5 Å². The van der Waals surface area contributed by atoms with E-state index in [2.05, 4.69) is 16.0 Å². The van der Waals surface area contributed by atoms with Gasteiger partial charge in [0, 0.05) is 13.0 Å². The van der Waals surface area contributed by atoms with Gasteiger partial charge >= 0.3 is 0 Å². The van der Waals surface area contributed by atoms with Crippen molar-refractivity contribution < 1.29 is 0 Å². The van der Waals surface area contributed by atoms with Gasteiger partial charge in [0.2, 0.25) is 0 Å². The molecule has 0 aliphatic heterocycles. The van der Waals surface area contributed by atoms with Crippen molar-refractivity contribution in [1.29, 1.82) is 5.26 Å². The third kappa shape index (κ3) is 2.70. The summed E-state index contributed by atoms with van der Waals surface area (Å²) in [5.41, 5.74) is 5.86. The molecule has 0 saturated heterocycles. The third-order valence-electron chi connectivity index (χ3n) is 2.42. The highest BCUT2D eigenvalue weighted by Gasteiger charge is 2.08. The van der Waals surface area contributed by atoms with Crippen molar-refractivity contribution >= 4 is 27.4 Å². The van der Waals surface area contributed by atoms with Gasteiger partial charge in [-0.2, -0.15) is 5.26 Å². The average Bonchev–Trinajstić information content (AvgIpc) is 2.75. The van der Waals surface area contributed by atoms with Crippen LogP contribution in [0.1, 0.15) is 12.2 Å². The summed E-state index contributed by atoms with van der Waals surface area (Å²) >= 11 is 1.56. The molecule has 0 spiro atoms. The summed E-state index contributed by atoms with van der Waals surface area (Å²) in [5.74, 6) is 1.23. The highest BCUT2D eigenvalue weighted by molar-refractivity contribution is 7.16. The Morgan fingerprint density at radius 3 is 3.12 bits per heavy atom. The second-order valence-corrected chi connectivity index (χ2v) is 4.70. The largest absolute Gasteiger partial charge is 0.383 e. The zero-order chi connectivity index (χ0) is 12.3. The molecule has 0 atom stereocenters. The molecule has 6 heteroatoms. The van der Waals surface area contributed by atoms with E-state index in [0.717, 1.165) is 10.2 Å². The number of hydrogen-bond acceptors (Lipinski definition) is 6. The Kier molecular flexibility index (Phi) is 3.52. The number of hydrogen-bond donors (Lipinski definition) is 1. The van der Waals surface area contributed by atoms with Crippen molar-refractivity contribution in [2.75, 3.05) is 19.3 Å². The molecule has 0 radical (unpaired) electrons. The van der Waals surface area contributed by atoms with E-state index in [4.69, 9.17) is 11.0 Å². The topological polar surface area (TPSA) is 78.8 Å². The molecule has 0 fully saturated rings. The zero-order valence-corrected chi connectivity index (χ0v) is 10.4. The second kappa shape index (κ2) is 5.08. The van der Waals surface area contributed by atoms with Crippen molar-refractivity contribution in [2.24, 2.45) is 0 Å². The molecule has 88 valence electrons. The number of rotatable bonds is 4. The summed E-state index contributed by atoms with van der Waals surface area (Å²) in [6.07, 6.45) is 0.507. The molecule has 0 amide bonds. The molecule has 5 nitrogen and oxygen atoms in total. The summed E-state index contributed by atoms with van der Waals surface area (Å²) in [4.78, 5) is 11.6. The van der Waals surface area contributed by atoms with Crippen LogP contribution in [0.2, 0.25) is 0 Å². The molecular weight excluding hydrogens is 234 g/mol. The van der Waals surface area contributed by atoms with Gasteiger partial charge in [0.05, 0.1) is 18.0 Å². The molecule has 2 heterocycles. The highest BCUT2D eigenvalue weighted by atomic mass is 32.1. The summed E-state index contributed by atoms with van der Waals surface area (Å²) < 4.78 is 0. The summed E-state index contributed by atoms with van der Waals surface area (Å²) in [7, 11) is 1.94. The van der Waals surface area contributed by atoms with E-state index in [1.54, 1.807) is 11.3 Å². The molecule has 17 heavy (non-hydrogen) atoms. The van der Waals surface area contributed by atoms with Gasteiger partial charge in [0.1, 0.15) is 16.5 Å². The van der Waals surface area contributed by atoms with Gasteiger partial charge in [-0.25, -0.2) is 9.97 Å². The van der Waals surface area contributed by atoms with Gasteiger partial charge in [-0.15, -0.1) is 11.3 Å². The smallest absolute Gasteiger partial charge is 0.146 e. The van der Waals surface area contributed by atoms with Crippen LogP contribution in [0, 0.1) is 11.3 Å². The summed E-state index contributed by atoms with van der Waals surface area (Å²) in [6.45, 7) is 1.32. The van der Waals surface area contributed by atoms with E-state index in [-0.39, 0.29) is 0 Å². The van der Waals surface area contributed by atoms with Crippen LogP contribution in [0.3, 0.4) is 0 Å². The van der Waals surface area contributed by atoms with E-state index in [0.29, 0.717) is 31.2 Å². The van der Waals surface area contributed by atoms with Crippen LogP contribution in [-0.2, 0) is 6.54 Å². The fourth-order valence-electron chi connectivity index (χ4n) is 1.56. The van der Waals surface area contributed by atoms with E-state index < -0.39 is 0 Å². The molecule has 2 rings (SSSR count). The van der Waals surface area contributed by atoms with Gasteiger partial charge in [0.25, 0.3) is 0 Å². The van der Waals surface area contributed by atoms with Crippen molar-refractivity contribution in [3.8, 4) is 6.07 Å². The maximum atomic E-state index is 8.51. The molecule has 0 aliphatic carbocycles. The maximum Gasteiger partial charge on any atom is 0.146 e. The van der Waals surface area contributed by atoms with Crippen molar-refractivity contribution in [1.82, 2.24) is 14.9 Å². The van der Waals surface area contributed by atoms with Crippen LogP contribution in [0.25, 0.3) is 10.2 Å². The third-order valence-corrected chi connectivity index (χ3v) is 3.22. The number of thiophene rings is 1. The van der Waals surface area contributed by atoms with Crippen LogP contribution in [0.4, 0.5) is 5.82 Å². The normalized spacial score (nSPS) is 10.9. The van der Waals surface area contributed by atoms with Crippen LogP contribution in [0.15, 0.2) is 11.4 Å². The number of nitrogens with two attached hydrogens (primary N) is 1. The monoisotopic (exact) mass is 247 g/mol. The quantitative estimate of drug-likeness (QED) is 0.888. The van der Waals surface area contributed by atoms with Crippen LogP contribution in [0.5, 0.6) is 0 Å². The highest BCUT2D eigenvalue weighted by Crippen LogP contribution is 2.22. The molecule has 0 unspecified atom stereocenters. The lowest BCUT2D eigenvalue weighted by molar-refractivity contribution is 0.327. The standard InChI is InChI=1S/C11H13N5S/c1-16(5-2-4-12)7-9-14-10(13)8-3-6-17-11(8)15-9/h3,6H,2,5,7H2,1H3,(H2,13,14,15). The molecule has 0 aliphatic rings. The minimum atomic E-state index is 0.507. The summed E-state index contributed by atoms with van der Waals surface area (Å²) in [5, 5.41) is 11.4. The first-order valence-corrected chi connectivity index (χ1v) is 6.13. The first-order chi connectivity index (χ1) is 8.20. The lowest BCUT2D eigenvalue weighted by atomic mass is 10.3. The van der Waals surface area contributed by atoms with Crippen LogP contribution >= 0.6 is 11.3 Å². The number of fused-ring (bicyclic) bond motifs is 1. The minimum absolute atomic E-state index is 0.507. The van der Waals surface area contributed by atoms with Crippen LogP contribution < -0.4 is 5.73 Å². The van der Waals surface area contributed by atoms with E-state index in [1.807, 2.05) is 23.4 Å². The molecular formula is C11H13N5S. The number of nitrogens with zero attached hydrogens (tertiary/aromatic N) is 4. The van der Waals surface area contributed by atoms with Crippen molar-refractivity contribution in [3.63, 3.8) is 0 Å². The van der Waals surface area contributed by atoms with E-state index >= 15 is 0 Å².